The van der Waals surface area contributed by atoms with E-state index in [4.69, 9.17) is 16.7 Å². The van der Waals surface area contributed by atoms with Crippen molar-refractivity contribution >= 4 is 23.2 Å². The number of hydrogen-bond donors (Lipinski definition) is 2. The number of carbonyl (C=O) groups excluding carboxylic acids is 1. The summed E-state index contributed by atoms with van der Waals surface area (Å²) in [6.07, 6.45) is 2.11. The molecular weight excluding hydrogens is 276 g/mol. The maximum absolute atomic E-state index is 10.9. The highest BCUT2D eigenvalue weighted by Crippen LogP contribution is 2.30. The number of anilines is 1. The van der Waals surface area contributed by atoms with E-state index in [0.29, 0.717) is 10.9 Å². The van der Waals surface area contributed by atoms with E-state index >= 15 is 0 Å². The Bertz CT molecular complexity index is 471. The van der Waals surface area contributed by atoms with Gasteiger partial charge in [-0.3, -0.25) is 4.79 Å². The third-order valence-corrected chi connectivity index (χ3v) is 4.09. The Labute approximate surface area is 124 Å². The normalized spacial score (nSPS) is 16.2. The van der Waals surface area contributed by atoms with Gasteiger partial charge in [0.05, 0.1) is 17.3 Å². The SMILES string of the molecule is CC(=O)NCC1CCN(c2ccc(CO)cc2Cl)CC1. The highest BCUT2D eigenvalue weighted by Gasteiger charge is 2.20. The van der Waals surface area contributed by atoms with Crippen LogP contribution in [0.2, 0.25) is 5.02 Å². The van der Waals surface area contributed by atoms with Crippen LogP contribution in [0.4, 0.5) is 5.69 Å². The molecule has 1 aliphatic rings. The van der Waals surface area contributed by atoms with Crippen LogP contribution in [0.5, 0.6) is 0 Å². The van der Waals surface area contributed by atoms with Gasteiger partial charge in [-0.2, -0.15) is 0 Å². The Kier molecular flexibility index (Phi) is 5.26. The summed E-state index contributed by atoms with van der Waals surface area (Å²) in [5, 5.41) is 12.7. The molecule has 0 saturated carbocycles. The maximum atomic E-state index is 10.9. The van der Waals surface area contributed by atoms with E-state index in [-0.39, 0.29) is 12.5 Å². The third kappa shape index (κ3) is 3.87. The molecule has 110 valence electrons. The van der Waals surface area contributed by atoms with Crippen LogP contribution < -0.4 is 10.2 Å². The fraction of sp³-hybridized carbons (Fsp3) is 0.533. The predicted molar refractivity (Wildman–Crippen MR) is 81.0 cm³/mol. The van der Waals surface area contributed by atoms with Gasteiger partial charge in [-0.15, -0.1) is 0 Å². The molecule has 1 aromatic rings. The second-order valence-electron chi connectivity index (χ2n) is 5.31. The van der Waals surface area contributed by atoms with Crippen molar-refractivity contribution in [3.05, 3.63) is 28.8 Å². The lowest BCUT2D eigenvalue weighted by Gasteiger charge is -2.34. The number of aliphatic hydroxyl groups is 1. The minimum Gasteiger partial charge on any atom is -0.392 e. The molecule has 20 heavy (non-hydrogen) atoms. The minimum absolute atomic E-state index is 0.0127. The molecule has 0 atom stereocenters. The van der Waals surface area contributed by atoms with Gasteiger partial charge in [0.2, 0.25) is 5.91 Å². The summed E-state index contributed by atoms with van der Waals surface area (Å²) in [6, 6.07) is 5.70. The van der Waals surface area contributed by atoms with Gasteiger partial charge in [0.15, 0.2) is 0 Å². The minimum atomic E-state index is 0.0127. The highest BCUT2D eigenvalue weighted by atomic mass is 35.5. The van der Waals surface area contributed by atoms with E-state index in [1.54, 1.807) is 6.92 Å². The summed E-state index contributed by atoms with van der Waals surface area (Å²) in [7, 11) is 0. The number of nitrogens with one attached hydrogen (secondary N) is 1. The standard InChI is InChI=1S/C15H21ClN2O2/c1-11(20)17-9-12-4-6-18(7-5-12)15-3-2-13(10-19)8-14(15)16/h2-3,8,12,19H,4-7,9-10H2,1H3,(H,17,20). The van der Waals surface area contributed by atoms with E-state index in [1.807, 2.05) is 18.2 Å². The lowest BCUT2D eigenvalue weighted by molar-refractivity contribution is -0.119. The molecule has 1 aromatic carbocycles. The number of piperidine rings is 1. The van der Waals surface area contributed by atoms with Gasteiger partial charge < -0.3 is 15.3 Å². The second-order valence-corrected chi connectivity index (χ2v) is 5.72. The zero-order valence-corrected chi connectivity index (χ0v) is 12.5. The molecule has 0 bridgehead atoms. The lowest BCUT2D eigenvalue weighted by Crippen LogP contribution is -2.38. The zero-order chi connectivity index (χ0) is 14.5. The predicted octanol–water partition coefficient (Wildman–Crippen LogP) is 2.18. The molecule has 1 fully saturated rings. The average molecular weight is 297 g/mol. The lowest BCUT2D eigenvalue weighted by atomic mass is 9.96. The van der Waals surface area contributed by atoms with Crippen LogP contribution in [-0.2, 0) is 11.4 Å². The number of benzene rings is 1. The van der Waals surface area contributed by atoms with Crippen LogP contribution in [0, 0.1) is 5.92 Å². The summed E-state index contributed by atoms with van der Waals surface area (Å²) in [4.78, 5) is 13.2. The quantitative estimate of drug-likeness (QED) is 0.895. The highest BCUT2D eigenvalue weighted by molar-refractivity contribution is 6.33. The number of halogens is 1. The van der Waals surface area contributed by atoms with Crippen molar-refractivity contribution in [2.24, 2.45) is 5.92 Å². The first-order valence-corrected chi connectivity index (χ1v) is 7.36. The van der Waals surface area contributed by atoms with Crippen molar-refractivity contribution in [2.45, 2.75) is 26.4 Å². The molecule has 2 N–H and O–H groups in total. The van der Waals surface area contributed by atoms with Crippen LogP contribution >= 0.6 is 11.6 Å². The van der Waals surface area contributed by atoms with E-state index in [0.717, 1.165) is 43.7 Å². The molecule has 1 amide bonds. The fourth-order valence-electron chi connectivity index (χ4n) is 2.57. The van der Waals surface area contributed by atoms with Gasteiger partial charge in [0.25, 0.3) is 0 Å². The van der Waals surface area contributed by atoms with E-state index < -0.39 is 0 Å². The third-order valence-electron chi connectivity index (χ3n) is 3.79. The largest absolute Gasteiger partial charge is 0.392 e. The van der Waals surface area contributed by atoms with Crippen LogP contribution in [0.1, 0.15) is 25.3 Å². The average Bonchev–Trinajstić information content (AvgIpc) is 2.45. The molecule has 0 radical (unpaired) electrons. The topological polar surface area (TPSA) is 52.6 Å². The molecule has 4 nitrogen and oxygen atoms in total. The molecule has 1 heterocycles. The molecule has 2 rings (SSSR count). The zero-order valence-electron chi connectivity index (χ0n) is 11.7. The van der Waals surface area contributed by atoms with E-state index in [9.17, 15) is 4.79 Å². The number of rotatable bonds is 4. The second kappa shape index (κ2) is 6.95. The summed E-state index contributed by atoms with van der Waals surface area (Å²) in [5.74, 6) is 0.584. The van der Waals surface area contributed by atoms with Crippen LogP contribution in [0.25, 0.3) is 0 Å². The fourth-order valence-corrected chi connectivity index (χ4v) is 2.89. The Morgan fingerprint density at radius 2 is 2.15 bits per heavy atom. The summed E-state index contributed by atoms with van der Waals surface area (Å²) in [6.45, 7) is 4.22. The Morgan fingerprint density at radius 3 is 2.70 bits per heavy atom. The first-order chi connectivity index (χ1) is 9.60. The van der Waals surface area contributed by atoms with Crippen LogP contribution in [0.15, 0.2) is 18.2 Å². The first-order valence-electron chi connectivity index (χ1n) is 6.99. The Hall–Kier alpha value is -1.26. The van der Waals surface area contributed by atoms with E-state index in [1.165, 1.54) is 0 Å². The van der Waals surface area contributed by atoms with Gasteiger partial charge in [0.1, 0.15) is 0 Å². The van der Waals surface area contributed by atoms with Crippen molar-refractivity contribution < 1.29 is 9.90 Å². The van der Waals surface area contributed by atoms with Gasteiger partial charge in [0, 0.05) is 26.6 Å². The van der Waals surface area contributed by atoms with Crippen LogP contribution in [0.3, 0.4) is 0 Å². The molecule has 1 aliphatic heterocycles. The van der Waals surface area contributed by atoms with Crippen molar-refractivity contribution in [1.82, 2.24) is 5.32 Å². The summed E-state index contributed by atoms with van der Waals surface area (Å²) >= 11 is 6.27. The number of aliphatic hydroxyl groups excluding tert-OH is 1. The summed E-state index contributed by atoms with van der Waals surface area (Å²) < 4.78 is 0. The molecule has 0 aliphatic carbocycles. The van der Waals surface area contributed by atoms with Gasteiger partial charge in [-0.1, -0.05) is 17.7 Å². The first kappa shape index (κ1) is 15.1. The molecular formula is C15H21ClN2O2. The molecule has 0 unspecified atom stereocenters. The Morgan fingerprint density at radius 1 is 1.45 bits per heavy atom. The summed E-state index contributed by atoms with van der Waals surface area (Å²) in [5.41, 5.74) is 1.86. The molecule has 0 spiro atoms. The van der Waals surface area contributed by atoms with Gasteiger partial charge in [-0.25, -0.2) is 0 Å². The number of hydrogen-bond acceptors (Lipinski definition) is 3. The van der Waals surface area contributed by atoms with Gasteiger partial charge in [-0.05, 0) is 36.5 Å². The van der Waals surface area contributed by atoms with Gasteiger partial charge >= 0.3 is 0 Å². The van der Waals surface area contributed by atoms with Crippen LogP contribution in [-0.4, -0.2) is 30.6 Å². The number of carbonyl (C=O) groups is 1. The number of amides is 1. The van der Waals surface area contributed by atoms with Crippen molar-refractivity contribution in [2.75, 3.05) is 24.5 Å². The molecule has 5 heteroatoms. The van der Waals surface area contributed by atoms with Crippen molar-refractivity contribution in [1.29, 1.82) is 0 Å². The monoisotopic (exact) mass is 296 g/mol. The smallest absolute Gasteiger partial charge is 0.216 e. The van der Waals surface area contributed by atoms with Crippen molar-refractivity contribution in [3.8, 4) is 0 Å². The number of nitrogens with zero attached hydrogens (tertiary/aromatic N) is 1. The molecule has 0 aromatic heterocycles. The maximum Gasteiger partial charge on any atom is 0.216 e. The Balaban J connectivity index is 1.92. The molecule has 1 saturated heterocycles. The van der Waals surface area contributed by atoms with E-state index in [2.05, 4.69) is 10.2 Å². The van der Waals surface area contributed by atoms with Crippen molar-refractivity contribution in [3.63, 3.8) is 0 Å².